The minimum atomic E-state index is -0.687. The van der Waals surface area contributed by atoms with Crippen LogP contribution in [-0.2, 0) is 4.79 Å². The molecule has 0 bridgehead atoms. The predicted molar refractivity (Wildman–Crippen MR) is 67.9 cm³/mol. The third-order valence-electron chi connectivity index (χ3n) is 3.82. The van der Waals surface area contributed by atoms with Gasteiger partial charge >= 0.3 is 0 Å². The fourth-order valence-corrected chi connectivity index (χ4v) is 2.75. The number of amides is 1. The first-order valence-electron chi connectivity index (χ1n) is 6.46. The van der Waals surface area contributed by atoms with Gasteiger partial charge < -0.3 is 15.6 Å². The second-order valence-electron chi connectivity index (χ2n) is 5.30. The first-order valence-corrected chi connectivity index (χ1v) is 6.46. The second-order valence-corrected chi connectivity index (χ2v) is 5.30. The van der Waals surface area contributed by atoms with Gasteiger partial charge in [-0.15, -0.1) is 0 Å². The van der Waals surface area contributed by atoms with Gasteiger partial charge in [-0.3, -0.25) is 4.79 Å². The van der Waals surface area contributed by atoms with Crippen molar-refractivity contribution in [3.8, 4) is 0 Å². The number of rotatable bonds is 3. The van der Waals surface area contributed by atoms with Crippen molar-refractivity contribution in [2.24, 2.45) is 5.73 Å². The van der Waals surface area contributed by atoms with Crippen LogP contribution in [0.1, 0.15) is 55.7 Å². The lowest BCUT2D eigenvalue weighted by Gasteiger charge is -2.25. The normalized spacial score (nSPS) is 19.8. The summed E-state index contributed by atoms with van der Waals surface area (Å²) < 4.78 is 5.12. The molecule has 0 aliphatic heterocycles. The van der Waals surface area contributed by atoms with Crippen molar-refractivity contribution in [2.45, 2.75) is 58.0 Å². The summed E-state index contributed by atoms with van der Waals surface area (Å²) in [7, 11) is 0. The molecule has 5 nitrogen and oxygen atoms in total. The Bertz CT molecular complexity index is 428. The van der Waals surface area contributed by atoms with Crippen LogP contribution < -0.4 is 11.1 Å². The van der Waals surface area contributed by atoms with E-state index in [0.717, 1.165) is 42.7 Å². The fourth-order valence-electron chi connectivity index (χ4n) is 2.75. The molecule has 18 heavy (non-hydrogen) atoms. The molecule has 1 unspecified atom stereocenters. The van der Waals surface area contributed by atoms with Crippen LogP contribution in [-0.4, -0.2) is 16.6 Å². The predicted octanol–water partition coefficient (Wildman–Crippen LogP) is 1.74. The van der Waals surface area contributed by atoms with Gasteiger partial charge in [0, 0.05) is 5.56 Å². The number of carbonyl (C=O) groups excluding carboxylic acids is 1. The molecular formula is C13H21N3O2. The Morgan fingerprint density at radius 1 is 1.44 bits per heavy atom. The van der Waals surface area contributed by atoms with Crippen molar-refractivity contribution in [1.29, 1.82) is 0 Å². The molecule has 3 N–H and O–H groups in total. The largest absolute Gasteiger partial charge is 0.361 e. The van der Waals surface area contributed by atoms with E-state index < -0.39 is 5.54 Å². The Labute approximate surface area is 107 Å². The Hall–Kier alpha value is -1.36. The smallest absolute Gasteiger partial charge is 0.240 e. The van der Waals surface area contributed by atoms with Gasteiger partial charge in [0.25, 0.3) is 0 Å². The van der Waals surface area contributed by atoms with Gasteiger partial charge in [0.15, 0.2) is 0 Å². The zero-order valence-corrected chi connectivity index (χ0v) is 11.2. The van der Waals surface area contributed by atoms with E-state index >= 15 is 0 Å². The van der Waals surface area contributed by atoms with Crippen molar-refractivity contribution in [2.75, 3.05) is 0 Å². The lowest BCUT2D eigenvalue weighted by atomic mass is 9.97. The Balaban J connectivity index is 2.08. The van der Waals surface area contributed by atoms with E-state index in [0.29, 0.717) is 0 Å². The van der Waals surface area contributed by atoms with Crippen LogP contribution in [0.4, 0.5) is 0 Å². The van der Waals surface area contributed by atoms with Gasteiger partial charge in [0.1, 0.15) is 5.76 Å². The zero-order valence-electron chi connectivity index (χ0n) is 11.2. The fraction of sp³-hybridized carbons (Fsp3) is 0.692. The Morgan fingerprint density at radius 3 is 2.56 bits per heavy atom. The average Bonchev–Trinajstić information content (AvgIpc) is 2.87. The number of aromatic nitrogens is 1. The SMILES string of the molecule is Cc1noc(C)c1C(C)NC(=O)C1(N)CCCC1. The summed E-state index contributed by atoms with van der Waals surface area (Å²) in [6, 6.07) is -0.121. The topological polar surface area (TPSA) is 81.2 Å². The van der Waals surface area contributed by atoms with E-state index in [1.807, 2.05) is 20.8 Å². The molecule has 1 aromatic rings. The van der Waals surface area contributed by atoms with Crippen molar-refractivity contribution in [1.82, 2.24) is 10.5 Å². The van der Waals surface area contributed by atoms with Gasteiger partial charge in [-0.25, -0.2) is 0 Å². The third-order valence-corrected chi connectivity index (χ3v) is 3.82. The highest BCUT2D eigenvalue weighted by molar-refractivity contribution is 5.86. The quantitative estimate of drug-likeness (QED) is 0.857. The van der Waals surface area contributed by atoms with Crippen LogP contribution in [0.15, 0.2) is 4.52 Å². The summed E-state index contributed by atoms with van der Waals surface area (Å²) in [6.45, 7) is 5.66. The van der Waals surface area contributed by atoms with Crippen LogP contribution in [0, 0.1) is 13.8 Å². The van der Waals surface area contributed by atoms with E-state index in [9.17, 15) is 4.79 Å². The first-order chi connectivity index (χ1) is 8.44. The minimum Gasteiger partial charge on any atom is -0.361 e. The Kier molecular flexibility index (Phi) is 3.43. The molecule has 1 fully saturated rings. The monoisotopic (exact) mass is 251 g/mol. The van der Waals surface area contributed by atoms with Crippen LogP contribution in [0.5, 0.6) is 0 Å². The van der Waals surface area contributed by atoms with Crippen LogP contribution in [0.2, 0.25) is 0 Å². The van der Waals surface area contributed by atoms with Gasteiger partial charge in [-0.05, 0) is 33.6 Å². The third kappa shape index (κ3) is 2.27. The summed E-state index contributed by atoms with van der Waals surface area (Å²) in [5.74, 6) is 0.685. The maximum absolute atomic E-state index is 12.2. The van der Waals surface area contributed by atoms with Gasteiger partial charge in [-0.2, -0.15) is 0 Å². The standard InChI is InChI=1S/C13H21N3O2/c1-8(11-9(2)16-18-10(11)3)15-12(17)13(14)6-4-5-7-13/h8H,4-7,14H2,1-3H3,(H,15,17). The number of aryl methyl sites for hydroxylation is 2. The van der Waals surface area contributed by atoms with Gasteiger partial charge in [0.2, 0.25) is 5.91 Å². The average molecular weight is 251 g/mol. The lowest BCUT2D eigenvalue weighted by Crippen LogP contribution is -2.52. The molecule has 1 aliphatic carbocycles. The van der Waals surface area contributed by atoms with Crippen LogP contribution >= 0.6 is 0 Å². The summed E-state index contributed by atoms with van der Waals surface area (Å²) >= 11 is 0. The van der Waals surface area contributed by atoms with E-state index in [1.54, 1.807) is 0 Å². The molecule has 1 aliphatic rings. The summed E-state index contributed by atoms with van der Waals surface area (Å²) in [5, 5.41) is 6.88. The van der Waals surface area contributed by atoms with Crippen molar-refractivity contribution >= 4 is 5.91 Å². The molecule has 1 amide bonds. The molecule has 0 aromatic carbocycles. The number of nitrogens with one attached hydrogen (secondary N) is 1. The van der Waals surface area contributed by atoms with Crippen LogP contribution in [0.25, 0.3) is 0 Å². The molecule has 0 spiro atoms. The molecule has 1 aromatic heterocycles. The molecule has 2 rings (SSSR count). The highest BCUT2D eigenvalue weighted by atomic mass is 16.5. The number of hydrogen-bond acceptors (Lipinski definition) is 4. The molecule has 1 heterocycles. The molecule has 0 saturated heterocycles. The van der Waals surface area contributed by atoms with E-state index in [4.69, 9.17) is 10.3 Å². The van der Waals surface area contributed by atoms with Crippen molar-refractivity contribution < 1.29 is 9.32 Å². The highest BCUT2D eigenvalue weighted by Crippen LogP contribution is 2.29. The first kappa shape index (κ1) is 13.1. The molecule has 1 atom stereocenters. The number of nitrogens with zero attached hydrogens (tertiary/aromatic N) is 1. The number of nitrogens with two attached hydrogens (primary N) is 1. The lowest BCUT2D eigenvalue weighted by molar-refractivity contribution is -0.126. The summed E-state index contributed by atoms with van der Waals surface area (Å²) in [6.07, 6.45) is 3.60. The van der Waals surface area contributed by atoms with E-state index in [2.05, 4.69) is 10.5 Å². The van der Waals surface area contributed by atoms with Crippen molar-refractivity contribution in [3.05, 3.63) is 17.0 Å². The minimum absolute atomic E-state index is 0.0625. The molecule has 0 radical (unpaired) electrons. The van der Waals surface area contributed by atoms with E-state index in [1.165, 1.54) is 0 Å². The maximum atomic E-state index is 12.2. The van der Waals surface area contributed by atoms with E-state index in [-0.39, 0.29) is 11.9 Å². The second kappa shape index (κ2) is 4.72. The molecule has 100 valence electrons. The zero-order chi connectivity index (χ0) is 13.3. The Morgan fingerprint density at radius 2 is 2.06 bits per heavy atom. The van der Waals surface area contributed by atoms with Gasteiger partial charge in [0.05, 0.1) is 17.3 Å². The van der Waals surface area contributed by atoms with Crippen LogP contribution in [0.3, 0.4) is 0 Å². The summed E-state index contributed by atoms with van der Waals surface area (Å²) in [4.78, 5) is 12.2. The highest BCUT2D eigenvalue weighted by Gasteiger charge is 2.37. The van der Waals surface area contributed by atoms with Crippen molar-refractivity contribution in [3.63, 3.8) is 0 Å². The van der Waals surface area contributed by atoms with Gasteiger partial charge in [-0.1, -0.05) is 18.0 Å². The molecule has 1 saturated carbocycles. The number of hydrogen-bond donors (Lipinski definition) is 2. The summed E-state index contributed by atoms with van der Waals surface area (Å²) in [5.41, 5.74) is 7.21. The number of carbonyl (C=O) groups is 1. The molecular weight excluding hydrogens is 230 g/mol. The molecule has 5 heteroatoms. The maximum Gasteiger partial charge on any atom is 0.240 e.